The van der Waals surface area contributed by atoms with E-state index in [2.05, 4.69) is 51.3 Å². The van der Waals surface area contributed by atoms with Gasteiger partial charge in [0.25, 0.3) is 0 Å². The number of nitrogens with one attached hydrogen (secondary N) is 1. The number of anilines is 1. The summed E-state index contributed by atoms with van der Waals surface area (Å²) >= 11 is 3.49. The van der Waals surface area contributed by atoms with Crippen LogP contribution in [0.5, 0.6) is 0 Å². The molecule has 0 spiro atoms. The maximum Gasteiger partial charge on any atom is 0.0724 e. The molecule has 1 N–H and O–H groups in total. The largest absolute Gasteiger partial charge is 0.384 e. The molecule has 2 unspecified atom stereocenters. The third kappa shape index (κ3) is 4.48. The number of halogens is 1. The number of methoxy groups -OCH3 is 1. The van der Waals surface area contributed by atoms with Crippen LogP contribution in [0.15, 0.2) is 28.7 Å². The number of benzene rings is 1. The lowest BCUT2D eigenvalue weighted by Crippen LogP contribution is -2.45. The van der Waals surface area contributed by atoms with E-state index in [1.165, 1.54) is 18.7 Å². The second-order valence-corrected chi connectivity index (χ2v) is 6.19. The highest BCUT2D eigenvalue weighted by atomic mass is 79.9. The summed E-state index contributed by atoms with van der Waals surface area (Å²) in [6.45, 7) is 6.56. The molecule has 1 aromatic rings. The molecule has 2 rings (SSSR count). The number of likely N-dealkylation sites (tertiary alicyclic amines) is 1. The Hall–Kier alpha value is -0.580. The van der Waals surface area contributed by atoms with Gasteiger partial charge >= 0.3 is 0 Å². The molecule has 1 saturated heterocycles. The first kappa shape index (κ1) is 14.8. The Kier molecular flexibility index (Phi) is 5.67. The zero-order valence-electron chi connectivity index (χ0n) is 11.7. The van der Waals surface area contributed by atoms with Gasteiger partial charge in [-0.05, 0) is 37.1 Å². The van der Waals surface area contributed by atoms with E-state index in [-0.39, 0.29) is 0 Å². The van der Waals surface area contributed by atoms with E-state index in [4.69, 9.17) is 4.74 Å². The lowest BCUT2D eigenvalue weighted by atomic mass is 9.96. The molecule has 0 aliphatic carbocycles. The van der Waals surface area contributed by atoms with E-state index in [0.717, 1.165) is 24.1 Å². The van der Waals surface area contributed by atoms with Gasteiger partial charge in [-0.25, -0.2) is 0 Å². The van der Waals surface area contributed by atoms with E-state index in [1.807, 2.05) is 13.2 Å². The van der Waals surface area contributed by atoms with Crippen molar-refractivity contribution >= 4 is 21.6 Å². The molecule has 4 heteroatoms. The average Bonchev–Trinajstić information content (AvgIpc) is 2.41. The fourth-order valence-corrected chi connectivity index (χ4v) is 2.96. The Labute approximate surface area is 124 Å². The molecule has 1 heterocycles. The number of hydrogen-bond donors (Lipinski definition) is 1. The molecule has 1 aliphatic heterocycles. The number of rotatable bonds is 5. The Morgan fingerprint density at radius 3 is 3.05 bits per heavy atom. The first-order valence-corrected chi connectivity index (χ1v) is 7.73. The van der Waals surface area contributed by atoms with Crippen LogP contribution < -0.4 is 5.32 Å². The van der Waals surface area contributed by atoms with Gasteiger partial charge in [0, 0.05) is 36.9 Å². The molecule has 0 radical (unpaired) electrons. The van der Waals surface area contributed by atoms with Crippen molar-refractivity contribution in [2.45, 2.75) is 19.4 Å². The van der Waals surface area contributed by atoms with Gasteiger partial charge in [-0.15, -0.1) is 0 Å². The van der Waals surface area contributed by atoms with Crippen LogP contribution in [0.1, 0.15) is 13.3 Å². The fourth-order valence-electron chi connectivity index (χ4n) is 2.56. The lowest BCUT2D eigenvalue weighted by molar-refractivity contribution is -0.00357. The summed E-state index contributed by atoms with van der Waals surface area (Å²) in [5.74, 6) is 0.680. The summed E-state index contributed by atoms with van der Waals surface area (Å²) in [4.78, 5) is 2.49. The quantitative estimate of drug-likeness (QED) is 0.899. The van der Waals surface area contributed by atoms with Crippen LogP contribution in [0.25, 0.3) is 0 Å². The third-order valence-electron chi connectivity index (χ3n) is 3.86. The van der Waals surface area contributed by atoms with Gasteiger partial charge in [-0.2, -0.15) is 0 Å². The van der Waals surface area contributed by atoms with Crippen molar-refractivity contribution in [1.82, 2.24) is 4.90 Å². The highest BCUT2D eigenvalue weighted by molar-refractivity contribution is 9.10. The van der Waals surface area contributed by atoms with Crippen molar-refractivity contribution in [2.24, 2.45) is 5.92 Å². The molecule has 106 valence electrons. The number of piperidine rings is 1. The molecule has 19 heavy (non-hydrogen) atoms. The highest BCUT2D eigenvalue weighted by Gasteiger charge is 2.25. The molecule has 0 amide bonds. The maximum atomic E-state index is 5.55. The summed E-state index contributed by atoms with van der Waals surface area (Å²) < 4.78 is 6.66. The van der Waals surface area contributed by atoms with Crippen molar-refractivity contribution in [3.05, 3.63) is 28.7 Å². The molecule has 0 bridgehead atoms. The first-order valence-electron chi connectivity index (χ1n) is 6.93. The number of hydrogen-bond acceptors (Lipinski definition) is 3. The van der Waals surface area contributed by atoms with Crippen LogP contribution in [0.3, 0.4) is 0 Å². The topological polar surface area (TPSA) is 24.5 Å². The summed E-state index contributed by atoms with van der Waals surface area (Å²) in [6.07, 6.45) is 1.62. The molecule has 2 atom stereocenters. The SMILES string of the molecule is COC1CN(CCNc2cccc(Br)c2)CCC1C. The van der Waals surface area contributed by atoms with E-state index >= 15 is 0 Å². The van der Waals surface area contributed by atoms with Gasteiger partial charge in [-0.1, -0.05) is 28.9 Å². The summed E-state index contributed by atoms with van der Waals surface area (Å²) in [7, 11) is 1.82. The van der Waals surface area contributed by atoms with Crippen molar-refractivity contribution in [3.8, 4) is 0 Å². The highest BCUT2D eigenvalue weighted by Crippen LogP contribution is 2.19. The summed E-state index contributed by atoms with van der Waals surface area (Å²) in [5, 5.41) is 3.46. The first-order chi connectivity index (χ1) is 9.19. The second kappa shape index (κ2) is 7.27. The van der Waals surface area contributed by atoms with E-state index < -0.39 is 0 Å². The normalized spacial score (nSPS) is 24.4. The zero-order chi connectivity index (χ0) is 13.7. The van der Waals surface area contributed by atoms with Crippen molar-refractivity contribution < 1.29 is 4.74 Å². The third-order valence-corrected chi connectivity index (χ3v) is 4.35. The van der Waals surface area contributed by atoms with Crippen LogP contribution in [-0.2, 0) is 4.74 Å². The maximum absolute atomic E-state index is 5.55. The van der Waals surface area contributed by atoms with E-state index in [9.17, 15) is 0 Å². The zero-order valence-corrected chi connectivity index (χ0v) is 13.3. The molecule has 3 nitrogen and oxygen atoms in total. The molecule has 0 aromatic heterocycles. The molecule has 1 fully saturated rings. The molecular weight excluding hydrogens is 304 g/mol. The van der Waals surface area contributed by atoms with E-state index in [0.29, 0.717) is 12.0 Å². The van der Waals surface area contributed by atoms with Gasteiger partial charge in [0.2, 0.25) is 0 Å². The van der Waals surface area contributed by atoms with E-state index in [1.54, 1.807) is 0 Å². The minimum absolute atomic E-state index is 0.389. The minimum atomic E-state index is 0.389. The van der Waals surface area contributed by atoms with Gasteiger partial charge in [0.05, 0.1) is 6.10 Å². The second-order valence-electron chi connectivity index (χ2n) is 5.28. The molecule has 1 aliphatic rings. The summed E-state index contributed by atoms with van der Waals surface area (Å²) in [6, 6.07) is 8.30. The van der Waals surface area contributed by atoms with Gasteiger partial charge in [0.15, 0.2) is 0 Å². The molecule has 1 aromatic carbocycles. The number of nitrogens with zero attached hydrogens (tertiary/aromatic N) is 1. The number of ether oxygens (including phenoxy) is 1. The Bertz CT molecular complexity index is 399. The lowest BCUT2D eigenvalue weighted by Gasteiger charge is -2.36. The predicted octanol–water partition coefficient (Wildman–Crippen LogP) is 3.22. The Morgan fingerprint density at radius 1 is 1.47 bits per heavy atom. The average molecular weight is 327 g/mol. The van der Waals surface area contributed by atoms with Gasteiger partial charge in [-0.3, -0.25) is 4.90 Å². The fraction of sp³-hybridized carbons (Fsp3) is 0.600. The van der Waals surface area contributed by atoms with Crippen LogP contribution in [0, 0.1) is 5.92 Å². The predicted molar refractivity (Wildman–Crippen MR) is 83.6 cm³/mol. The van der Waals surface area contributed by atoms with Crippen molar-refractivity contribution in [3.63, 3.8) is 0 Å². The summed E-state index contributed by atoms with van der Waals surface area (Å²) in [5.41, 5.74) is 1.17. The van der Waals surface area contributed by atoms with Gasteiger partial charge < -0.3 is 10.1 Å². The smallest absolute Gasteiger partial charge is 0.0724 e. The molecular formula is C15H23BrN2O. The Morgan fingerprint density at radius 2 is 2.32 bits per heavy atom. The molecule has 0 saturated carbocycles. The van der Waals surface area contributed by atoms with Crippen LogP contribution in [0.4, 0.5) is 5.69 Å². The van der Waals surface area contributed by atoms with Crippen molar-refractivity contribution in [1.29, 1.82) is 0 Å². The van der Waals surface area contributed by atoms with Gasteiger partial charge in [0.1, 0.15) is 0 Å². The van der Waals surface area contributed by atoms with Crippen LogP contribution >= 0.6 is 15.9 Å². The van der Waals surface area contributed by atoms with Crippen LogP contribution in [0.2, 0.25) is 0 Å². The monoisotopic (exact) mass is 326 g/mol. The minimum Gasteiger partial charge on any atom is -0.384 e. The Balaban J connectivity index is 1.74. The van der Waals surface area contributed by atoms with Crippen LogP contribution in [-0.4, -0.2) is 44.3 Å². The standard InChI is InChI=1S/C15H23BrN2O/c1-12-6-8-18(11-15(12)19-2)9-7-17-14-5-3-4-13(16)10-14/h3-5,10,12,15,17H,6-9,11H2,1-2H3. The van der Waals surface area contributed by atoms with Crippen molar-refractivity contribution in [2.75, 3.05) is 38.6 Å².